The average Bonchev–Trinajstić information content (AvgIpc) is 2.99. The highest BCUT2D eigenvalue weighted by Gasteiger charge is 2.29. The third kappa shape index (κ3) is 2.41. The fraction of sp³-hybridized carbons (Fsp3) is 0.467. The number of carboxylic acid groups (broad SMARTS) is 1. The van der Waals surface area contributed by atoms with Crippen molar-refractivity contribution in [3.8, 4) is 0 Å². The summed E-state index contributed by atoms with van der Waals surface area (Å²) in [6.45, 7) is 2.15. The van der Waals surface area contributed by atoms with Crippen LogP contribution in [-0.4, -0.2) is 41.0 Å². The smallest absolute Gasteiger partial charge is 0.335 e. The van der Waals surface area contributed by atoms with E-state index in [1.165, 1.54) is 0 Å². The van der Waals surface area contributed by atoms with Gasteiger partial charge in [0.2, 0.25) is 5.91 Å². The summed E-state index contributed by atoms with van der Waals surface area (Å²) in [5, 5.41) is 12.3. The summed E-state index contributed by atoms with van der Waals surface area (Å²) >= 11 is 0. The summed E-state index contributed by atoms with van der Waals surface area (Å²) < 4.78 is 0. The van der Waals surface area contributed by atoms with Gasteiger partial charge < -0.3 is 15.3 Å². The average molecular weight is 274 g/mol. The Morgan fingerprint density at radius 2 is 2.15 bits per heavy atom. The summed E-state index contributed by atoms with van der Waals surface area (Å²) in [5.41, 5.74) is 2.40. The van der Waals surface area contributed by atoms with Gasteiger partial charge >= 0.3 is 5.97 Å². The van der Waals surface area contributed by atoms with Crippen LogP contribution in [0.25, 0.3) is 0 Å². The molecule has 106 valence electrons. The zero-order valence-corrected chi connectivity index (χ0v) is 11.3. The Bertz CT molecular complexity index is 550. The van der Waals surface area contributed by atoms with Crippen molar-refractivity contribution in [1.29, 1.82) is 0 Å². The lowest BCUT2D eigenvalue weighted by molar-refractivity contribution is -0.134. The van der Waals surface area contributed by atoms with Gasteiger partial charge in [0.1, 0.15) is 0 Å². The van der Waals surface area contributed by atoms with Crippen molar-refractivity contribution in [1.82, 2.24) is 10.2 Å². The monoisotopic (exact) mass is 274 g/mol. The van der Waals surface area contributed by atoms with Crippen LogP contribution in [0.5, 0.6) is 0 Å². The SMILES string of the molecule is O=C(O)c1ccc2c(c1)CN(C(=O)[C@H]1CCCN1)CC2. The number of benzene rings is 1. The first-order valence-corrected chi connectivity index (χ1v) is 7.02. The van der Waals surface area contributed by atoms with E-state index in [9.17, 15) is 9.59 Å². The number of rotatable bonds is 2. The molecule has 2 heterocycles. The van der Waals surface area contributed by atoms with Crippen LogP contribution in [0.1, 0.15) is 34.3 Å². The molecule has 2 aliphatic rings. The fourth-order valence-electron chi connectivity index (χ4n) is 2.99. The summed E-state index contributed by atoms with van der Waals surface area (Å²) in [7, 11) is 0. The van der Waals surface area contributed by atoms with Crippen LogP contribution in [0.4, 0.5) is 0 Å². The molecule has 20 heavy (non-hydrogen) atoms. The van der Waals surface area contributed by atoms with Crippen LogP contribution in [0, 0.1) is 0 Å². The Labute approximate surface area is 117 Å². The van der Waals surface area contributed by atoms with Crippen molar-refractivity contribution in [2.45, 2.75) is 31.8 Å². The maximum absolute atomic E-state index is 12.4. The van der Waals surface area contributed by atoms with Gasteiger partial charge in [-0.25, -0.2) is 4.79 Å². The van der Waals surface area contributed by atoms with Gasteiger partial charge in [0, 0.05) is 13.1 Å². The maximum Gasteiger partial charge on any atom is 0.335 e. The van der Waals surface area contributed by atoms with E-state index in [0.717, 1.165) is 43.5 Å². The van der Waals surface area contributed by atoms with E-state index < -0.39 is 5.97 Å². The van der Waals surface area contributed by atoms with Crippen molar-refractivity contribution < 1.29 is 14.7 Å². The highest BCUT2D eigenvalue weighted by Crippen LogP contribution is 2.22. The Morgan fingerprint density at radius 1 is 1.30 bits per heavy atom. The maximum atomic E-state index is 12.4. The number of nitrogens with zero attached hydrogens (tertiary/aromatic N) is 1. The number of nitrogens with one attached hydrogen (secondary N) is 1. The largest absolute Gasteiger partial charge is 0.478 e. The topological polar surface area (TPSA) is 69.6 Å². The molecule has 0 radical (unpaired) electrons. The molecule has 0 bridgehead atoms. The minimum atomic E-state index is -0.922. The van der Waals surface area contributed by atoms with E-state index in [-0.39, 0.29) is 17.5 Å². The number of hydrogen-bond donors (Lipinski definition) is 2. The normalized spacial score (nSPS) is 21.6. The second-order valence-electron chi connectivity index (χ2n) is 5.45. The second kappa shape index (κ2) is 5.25. The van der Waals surface area contributed by atoms with Gasteiger partial charge in [-0.2, -0.15) is 0 Å². The Hall–Kier alpha value is -1.88. The highest BCUT2D eigenvalue weighted by molar-refractivity contribution is 5.88. The van der Waals surface area contributed by atoms with Gasteiger partial charge in [-0.1, -0.05) is 6.07 Å². The molecule has 0 spiro atoms. The van der Waals surface area contributed by atoms with Gasteiger partial charge in [-0.3, -0.25) is 4.79 Å². The van der Waals surface area contributed by atoms with Crippen molar-refractivity contribution in [3.05, 3.63) is 34.9 Å². The van der Waals surface area contributed by atoms with E-state index in [2.05, 4.69) is 5.32 Å². The van der Waals surface area contributed by atoms with Crippen LogP contribution in [0.3, 0.4) is 0 Å². The number of carbonyl (C=O) groups is 2. The number of hydrogen-bond acceptors (Lipinski definition) is 3. The molecule has 1 aromatic rings. The summed E-state index contributed by atoms with van der Waals surface area (Å²) in [6, 6.07) is 5.14. The van der Waals surface area contributed by atoms with Gasteiger partial charge in [-0.15, -0.1) is 0 Å². The third-order valence-electron chi connectivity index (χ3n) is 4.14. The molecule has 1 saturated heterocycles. The minimum absolute atomic E-state index is 0.0563. The van der Waals surface area contributed by atoms with Crippen molar-refractivity contribution in [2.24, 2.45) is 0 Å². The van der Waals surface area contributed by atoms with Gasteiger partial charge in [-0.05, 0) is 49.1 Å². The lowest BCUT2D eigenvalue weighted by Gasteiger charge is -2.31. The molecular formula is C15H18N2O3. The number of carboxylic acids is 1. The molecule has 0 aromatic heterocycles. The van der Waals surface area contributed by atoms with E-state index in [1.807, 2.05) is 11.0 Å². The number of amides is 1. The predicted octanol–water partition coefficient (Wildman–Crippen LogP) is 1.02. The summed E-state index contributed by atoms with van der Waals surface area (Å²) in [5.74, 6) is -0.775. The van der Waals surface area contributed by atoms with Crippen LogP contribution in [0.2, 0.25) is 0 Å². The van der Waals surface area contributed by atoms with Gasteiger partial charge in [0.25, 0.3) is 0 Å². The third-order valence-corrected chi connectivity index (χ3v) is 4.14. The molecule has 5 nitrogen and oxygen atoms in total. The van der Waals surface area contributed by atoms with Crippen molar-refractivity contribution in [2.75, 3.05) is 13.1 Å². The molecule has 0 aliphatic carbocycles. The van der Waals surface area contributed by atoms with Crippen LogP contribution in [-0.2, 0) is 17.8 Å². The van der Waals surface area contributed by atoms with Crippen molar-refractivity contribution >= 4 is 11.9 Å². The predicted molar refractivity (Wildman–Crippen MR) is 73.5 cm³/mol. The molecule has 1 amide bonds. The first-order chi connectivity index (χ1) is 9.65. The summed E-state index contributed by atoms with van der Waals surface area (Å²) in [4.78, 5) is 25.2. The highest BCUT2D eigenvalue weighted by atomic mass is 16.4. The molecule has 0 saturated carbocycles. The molecule has 1 atom stereocenters. The van der Waals surface area contributed by atoms with Gasteiger partial charge in [0.05, 0.1) is 11.6 Å². The molecule has 1 aromatic carbocycles. The Kier molecular flexibility index (Phi) is 3.44. The Balaban J connectivity index is 1.78. The number of fused-ring (bicyclic) bond motifs is 1. The Morgan fingerprint density at radius 3 is 2.85 bits per heavy atom. The van der Waals surface area contributed by atoms with E-state index in [1.54, 1.807) is 12.1 Å². The van der Waals surface area contributed by atoms with E-state index >= 15 is 0 Å². The van der Waals surface area contributed by atoms with Crippen LogP contribution < -0.4 is 5.32 Å². The lowest BCUT2D eigenvalue weighted by Crippen LogP contribution is -2.45. The van der Waals surface area contributed by atoms with E-state index in [0.29, 0.717) is 6.54 Å². The van der Waals surface area contributed by atoms with Gasteiger partial charge in [0.15, 0.2) is 0 Å². The minimum Gasteiger partial charge on any atom is -0.478 e. The zero-order valence-electron chi connectivity index (χ0n) is 11.3. The molecule has 3 rings (SSSR count). The number of carbonyl (C=O) groups excluding carboxylic acids is 1. The zero-order chi connectivity index (χ0) is 14.1. The standard InChI is InChI=1S/C15H18N2O3/c18-14(13-2-1-6-16-13)17-7-5-10-3-4-11(15(19)20)8-12(10)9-17/h3-4,8,13,16H,1-2,5-7,9H2,(H,19,20)/t13-/m1/s1. The van der Waals surface area contributed by atoms with Crippen molar-refractivity contribution in [3.63, 3.8) is 0 Å². The van der Waals surface area contributed by atoms with Crippen LogP contribution in [0.15, 0.2) is 18.2 Å². The van der Waals surface area contributed by atoms with Crippen LogP contribution >= 0.6 is 0 Å². The first kappa shape index (κ1) is 13.1. The number of aromatic carboxylic acids is 1. The molecule has 5 heteroatoms. The first-order valence-electron chi connectivity index (χ1n) is 7.02. The molecule has 1 fully saturated rings. The fourth-order valence-corrected chi connectivity index (χ4v) is 2.99. The lowest BCUT2D eigenvalue weighted by atomic mass is 9.97. The molecule has 2 aliphatic heterocycles. The second-order valence-corrected chi connectivity index (χ2v) is 5.45. The molecular weight excluding hydrogens is 256 g/mol. The molecule has 2 N–H and O–H groups in total. The quantitative estimate of drug-likeness (QED) is 0.845. The summed E-state index contributed by atoms with van der Waals surface area (Å²) in [6.07, 6.45) is 2.75. The molecule has 0 unspecified atom stereocenters. The van der Waals surface area contributed by atoms with E-state index in [4.69, 9.17) is 5.11 Å².